The molecule has 1 aliphatic heterocycles. The van der Waals surface area contributed by atoms with Gasteiger partial charge in [0.15, 0.2) is 0 Å². The zero-order valence-corrected chi connectivity index (χ0v) is 19.4. The Labute approximate surface area is 195 Å². The molecule has 0 radical (unpaired) electrons. The van der Waals surface area contributed by atoms with Gasteiger partial charge in [-0.3, -0.25) is 9.59 Å². The summed E-state index contributed by atoms with van der Waals surface area (Å²) < 4.78 is 15.0. The fraction of sp³-hybridized carbons (Fsp3) is 0.333. The molecule has 1 aliphatic rings. The van der Waals surface area contributed by atoms with E-state index in [0.717, 1.165) is 42.6 Å². The van der Waals surface area contributed by atoms with E-state index in [4.69, 9.17) is 0 Å². The van der Waals surface area contributed by atoms with Gasteiger partial charge in [-0.05, 0) is 55.0 Å². The lowest BCUT2D eigenvalue weighted by Gasteiger charge is -2.18. The van der Waals surface area contributed by atoms with Crippen molar-refractivity contribution in [2.75, 3.05) is 6.54 Å². The van der Waals surface area contributed by atoms with Crippen LogP contribution < -0.4 is 10.6 Å². The molecule has 0 aliphatic carbocycles. The summed E-state index contributed by atoms with van der Waals surface area (Å²) in [5.74, 6) is -0.613. The van der Waals surface area contributed by atoms with Gasteiger partial charge in [0.1, 0.15) is 11.5 Å². The molecular formula is C27H32FN3O2. The number of hydrogen-bond donors (Lipinski definition) is 2. The van der Waals surface area contributed by atoms with E-state index in [9.17, 15) is 14.0 Å². The minimum atomic E-state index is -0.273. The van der Waals surface area contributed by atoms with E-state index in [1.54, 1.807) is 18.2 Å². The maximum Gasteiger partial charge on any atom is 0.267 e. The first-order chi connectivity index (χ1) is 16.1. The highest BCUT2D eigenvalue weighted by Crippen LogP contribution is 2.24. The molecule has 2 amide bonds. The van der Waals surface area contributed by atoms with E-state index in [2.05, 4.69) is 10.6 Å². The zero-order valence-electron chi connectivity index (χ0n) is 19.4. The fourth-order valence-corrected chi connectivity index (χ4v) is 4.00. The van der Waals surface area contributed by atoms with Gasteiger partial charge in [-0.2, -0.15) is 0 Å². The van der Waals surface area contributed by atoms with Crippen LogP contribution in [-0.2, 0) is 25.9 Å². The van der Waals surface area contributed by atoms with Gasteiger partial charge in [0.05, 0.1) is 5.56 Å². The molecule has 33 heavy (non-hydrogen) atoms. The number of nitrogens with one attached hydrogen (secondary N) is 2. The maximum atomic E-state index is 13.0. The number of hydrogen-bond acceptors (Lipinski definition) is 2. The summed E-state index contributed by atoms with van der Waals surface area (Å²) in [6.45, 7) is 5.63. The summed E-state index contributed by atoms with van der Waals surface area (Å²) in [6, 6.07) is 17.7. The SMILES string of the molecule is CC.O=C(NCc1ccccc1)c1cc(C(=O)NCCc2ccc(F)cc2)n2c1CCCC2. The van der Waals surface area contributed by atoms with Crippen molar-refractivity contribution in [2.45, 2.75) is 52.6 Å². The molecule has 3 aromatic rings. The Morgan fingerprint density at radius 3 is 2.36 bits per heavy atom. The van der Waals surface area contributed by atoms with Crippen molar-refractivity contribution in [1.29, 1.82) is 0 Å². The first-order valence-corrected chi connectivity index (χ1v) is 11.7. The van der Waals surface area contributed by atoms with Crippen LogP contribution in [0.2, 0.25) is 0 Å². The normalized spacial score (nSPS) is 12.2. The molecule has 0 unspecified atom stereocenters. The molecule has 6 heteroatoms. The van der Waals surface area contributed by atoms with Crippen molar-refractivity contribution >= 4 is 11.8 Å². The standard InChI is InChI=1S/C25H26FN3O2.C2H6/c26-20-11-9-18(10-12-20)13-14-27-25(31)23-16-21(22-8-4-5-15-29(22)23)24(30)28-17-19-6-2-1-3-7-19;1-2/h1-3,6-7,9-12,16H,4-5,8,13-15,17H2,(H,27,31)(H,28,30);1-2H3. The number of carbonyl (C=O) groups excluding carboxylic acids is 2. The molecule has 0 spiro atoms. The molecule has 0 atom stereocenters. The summed E-state index contributed by atoms with van der Waals surface area (Å²) in [6.07, 6.45) is 3.40. The van der Waals surface area contributed by atoms with E-state index in [0.29, 0.717) is 30.8 Å². The Kier molecular flexibility index (Phi) is 8.81. The molecule has 0 fully saturated rings. The van der Waals surface area contributed by atoms with Gasteiger partial charge in [0, 0.05) is 25.3 Å². The molecule has 5 nitrogen and oxygen atoms in total. The summed E-state index contributed by atoms with van der Waals surface area (Å²) in [5, 5.41) is 5.91. The van der Waals surface area contributed by atoms with E-state index in [-0.39, 0.29) is 17.6 Å². The van der Waals surface area contributed by atoms with Crippen molar-refractivity contribution in [3.8, 4) is 0 Å². The topological polar surface area (TPSA) is 63.1 Å². The van der Waals surface area contributed by atoms with Crippen LogP contribution in [0.25, 0.3) is 0 Å². The number of aromatic nitrogens is 1. The van der Waals surface area contributed by atoms with Crippen LogP contribution in [0.15, 0.2) is 60.7 Å². The first kappa shape index (κ1) is 24.2. The Bertz CT molecular complexity index is 1060. The largest absolute Gasteiger partial charge is 0.350 e. The molecule has 2 aromatic carbocycles. The number of halogens is 1. The summed E-state index contributed by atoms with van der Waals surface area (Å²) in [5.41, 5.74) is 4.03. The third-order valence-electron chi connectivity index (χ3n) is 5.64. The van der Waals surface area contributed by atoms with Gasteiger partial charge in [-0.25, -0.2) is 4.39 Å². The first-order valence-electron chi connectivity index (χ1n) is 11.7. The quantitative estimate of drug-likeness (QED) is 0.539. The average Bonchev–Trinajstić information content (AvgIpc) is 3.26. The van der Waals surface area contributed by atoms with E-state index >= 15 is 0 Å². The second kappa shape index (κ2) is 12.0. The predicted molar refractivity (Wildman–Crippen MR) is 129 cm³/mol. The van der Waals surface area contributed by atoms with Crippen molar-refractivity contribution in [1.82, 2.24) is 15.2 Å². The van der Waals surface area contributed by atoms with Crippen molar-refractivity contribution < 1.29 is 14.0 Å². The average molecular weight is 450 g/mol. The van der Waals surface area contributed by atoms with Gasteiger partial charge >= 0.3 is 0 Å². The van der Waals surface area contributed by atoms with Gasteiger partial charge < -0.3 is 15.2 Å². The Morgan fingerprint density at radius 1 is 0.909 bits per heavy atom. The molecule has 1 aromatic heterocycles. The van der Waals surface area contributed by atoms with Crippen LogP contribution >= 0.6 is 0 Å². The molecular weight excluding hydrogens is 417 g/mol. The van der Waals surface area contributed by atoms with E-state index in [1.807, 2.05) is 48.7 Å². The number of amides is 2. The highest BCUT2D eigenvalue weighted by atomic mass is 19.1. The molecule has 2 heterocycles. The smallest absolute Gasteiger partial charge is 0.267 e. The lowest BCUT2D eigenvalue weighted by Crippen LogP contribution is -2.29. The number of carbonyl (C=O) groups is 2. The highest BCUT2D eigenvalue weighted by molar-refractivity contribution is 6.00. The third kappa shape index (κ3) is 6.31. The van der Waals surface area contributed by atoms with Crippen molar-refractivity contribution in [3.05, 3.63) is 94.6 Å². The van der Waals surface area contributed by atoms with E-state index < -0.39 is 0 Å². The molecule has 0 saturated carbocycles. The van der Waals surface area contributed by atoms with Gasteiger partial charge in [0.25, 0.3) is 11.8 Å². The van der Waals surface area contributed by atoms with Crippen LogP contribution in [0.5, 0.6) is 0 Å². The summed E-state index contributed by atoms with van der Waals surface area (Å²) >= 11 is 0. The van der Waals surface area contributed by atoms with Crippen LogP contribution in [0.3, 0.4) is 0 Å². The van der Waals surface area contributed by atoms with E-state index in [1.165, 1.54) is 12.1 Å². The van der Waals surface area contributed by atoms with Gasteiger partial charge in [-0.15, -0.1) is 0 Å². The van der Waals surface area contributed by atoms with Crippen LogP contribution in [0, 0.1) is 5.82 Å². The minimum absolute atomic E-state index is 0.153. The van der Waals surface area contributed by atoms with Crippen LogP contribution in [0.4, 0.5) is 4.39 Å². The van der Waals surface area contributed by atoms with Gasteiger partial charge in [0.2, 0.25) is 0 Å². The lowest BCUT2D eigenvalue weighted by molar-refractivity contribution is 0.0939. The minimum Gasteiger partial charge on any atom is -0.350 e. The van der Waals surface area contributed by atoms with Crippen LogP contribution in [-0.4, -0.2) is 22.9 Å². The second-order valence-corrected chi connectivity index (χ2v) is 7.80. The molecule has 2 N–H and O–H groups in total. The van der Waals surface area contributed by atoms with Crippen molar-refractivity contribution in [2.24, 2.45) is 0 Å². The fourth-order valence-electron chi connectivity index (χ4n) is 4.00. The summed E-state index contributed by atoms with van der Waals surface area (Å²) in [7, 11) is 0. The molecule has 4 rings (SSSR count). The highest BCUT2D eigenvalue weighted by Gasteiger charge is 2.25. The molecule has 174 valence electrons. The number of fused-ring (bicyclic) bond motifs is 1. The van der Waals surface area contributed by atoms with Crippen molar-refractivity contribution in [3.63, 3.8) is 0 Å². The number of benzene rings is 2. The number of nitrogens with zero attached hydrogens (tertiary/aromatic N) is 1. The third-order valence-corrected chi connectivity index (χ3v) is 5.64. The molecule has 0 saturated heterocycles. The van der Waals surface area contributed by atoms with Gasteiger partial charge in [-0.1, -0.05) is 56.3 Å². The Balaban J connectivity index is 0.00000149. The second-order valence-electron chi connectivity index (χ2n) is 7.80. The predicted octanol–water partition coefficient (Wildman–Crippen LogP) is 4.89. The Hall–Kier alpha value is -3.41. The monoisotopic (exact) mass is 449 g/mol. The maximum absolute atomic E-state index is 13.0. The lowest BCUT2D eigenvalue weighted by atomic mass is 10.1. The van der Waals surface area contributed by atoms with Crippen LogP contribution in [0.1, 0.15) is 64.4 Å². The number of rotatable bonds is 7. The summed E-state index contributed by atoms with van der Waals surface area (Å²) in [4.78, 5) is 25.7. The Morgan fingerprint density at radius 2 is 1.64 bits per heavy atom. The molecule has 0 bridgehead atoms. The zero-order chi connectivity index (χ0) is 23.6.